The first-order valence-electron chi connectivity index (χ1n) is 8.25. The number of rotatable bonds is 3. The fourth-order valence-electron chi connectivity index (χ4n) is 2.69. The largest absolute Gasteiger partial charge is 0.501 e. The number of hydrogen-bond donors (Lipinski definition) is 0. The van der Waals surface area contributed by atoms with Gasteiger partial charge in [-0.25, -0.2) is 4.79 Å². The second-order valence-electron chi connectivity index (χ2n) is 8.32. The Kier molecular flexibility index (Phi) is 6.26. The van der Waals surface area contributed by atoms with Gasteiger partial charge < -0.3 is 9.47 Å². The van der Waals surface area contributed by atoms with Gasteiger partial charge in [0.15, 0.2) is 0 Å². The SMILES string of the molecule is COC(=O)C1=C(OC)CCC(/C=C/C(C)(C)C)=C[C@@H]1C(C)(C)C. The summed E-state index contributed by atoms with van der Waals surface area (Å²) in [6, 6.07) is 0. The highest BCUT2D eigenvalue weighted by molar-refractivity contribution is 5.90. The van der Waals surface area contributed by atoms with Gasteiger partial charge in [0, 0.05) is 12.3 Å². The summed E-state index contributed by atoms with van der Waals surface area (Å²) in [5.74, 6) is 0.415. The van der Waals surface area contributed by atoms with Gasteiger partial charge in [0.25, 0.3) is 0 Å². The molecule has 0 radical (unpaired) electrons. The van der Waals surface area contributed by atoms with Crippen LogP contribution in [0.4, 0.5) is 0 Å². The van der Waals surface area contributed by atoms with E-state index in [0.29, 0.717) is 12.0 Å². The van der Waals surface area contributed by atoms with Crippen LogP contribution >= 0.6 is 0 Å². The molecule has 0 heterocycles. The van der Waals surface area contributed by atoms with Crippen molar-refractivity contribution in [3.8, 4) is 0 Å². The van der Waals surface area contributed by atoms with E-state index < -0.39 is 0 Å². The summed E-state index contributed by atoms with van der Waals surface area (Å²) in [6.45, 7) is 13.0. The summed E-state index contributed by atoms with van der Waals surface area (Å²) < 4.78 is 10.6. The summed E-state index contributed by atoms with van der Waals surface area (Å²) in [4.78, 5) is 12.4. The predicted molar refractivity (Wildman–Crippen MR) is 94.9 cm³/mol. The van der Waals surface area contributed by atoms with Gasteiger partial charge in [0.1, 0.15) is 5.76 Å². The molecule has 0 aromatic heterocycles. The lowest BCUT2D eigenvalue weighted by Crippen LogP contribution is -2.26. The molecule has 3 nitrogen and oxygen atoms in total. The number of esters is 1. The highest BCUT2D eigenvalue weighted by Crippen LogP contribution is 2.40. The monoisotopic (exact) mass is 320 g/mol. The summed E-state index contributed by atoms with van der Waals surface area (Å²) in [6.07, 6.45) is 8.19. The zero-order valence-electron chi connectivity index (χ0n) is 15.9. The molecule has 0 fully saturated rings. The number of hydrogen-bond acceptors (Lipinski definition) is 3. The van der Waals surface area contributed by atoms with Crippen molar-refractivity contribution < 1.29 is 14.3 Å². The number of ether oxygens (including phenoxy) is 2. The van der Waals surface area contributed by atoms with E-state index >= 15 is 0 Å². The Morgan fingerprint density at radius 1 is 1.13 bits per heavy atom. The minimum absolute atomic E-state index is 0.0352. The molecular weight excluding hydrogens is 288 g/mol. The molecule has 0 aliphatic heterocycles. The first-order chi connectivity index (χ1) is 10.5. The lowest BCUT2D eigenvalue weighted by molar-refractivity contribution is -0.137. The summed E-state index contributed by atoms with van der Waals surface area (Å²) in [5, 5.41) is 0. The molecule has 1 aliphatic rings. The molecule has 0 spiro atoms. The molecule has 0 bridgehead atoms. The van der Waals surface area contributed by atoms with Gasteiger partial charge in [-0.2, -0.15) is 0 Å². The zero-order valence-corrected chi connectivity index (χ0v) is 15.9. The Labute approximate surface area is 141 Å². The summed E-state index contributed by atoms with van der Waals surface area (Å²) in [7, 11) is 3.06. The third-order valence-corrected chi connectivity index (χ3v) is 4.02. The highest BCUT2D eigenvalue weighted by Gasteiger charge is 2.35. The quantitative estimate of drug-likeness (QED) is 0.683. The lowest BCUT2D eigenvalue weighted by atomic mass is 9.75. The van der Waals surface area contributed by atoms with E-state index in [1.54, 1.807) is 7.11 Å². The Hall–Kier alpha value is -1.51. The van der Waals surface area contributed by atoms with Crippen LogP contribution in [0.5, 0.6) is 0 Å². The average molecular weight is 320 g/mol. The van der Waals surface area contributed by atoms with Gasteiger partial charge in [-0.05, 0) is 17.3 Å². The van der Waals surface area contributed by atoms with Gasteiger partial charge in [0.05, 0.1) is 19.8 Å². The highest BCUT2D eigenvalue weighted by atomic mass is 16.5. The third-order valence-electron chi connectivity index (χ3n) is 4.02. The van der Waals surface area contributed by atoms with Crippen molar-refractivity contribution in [2.75, 3.05) is 14.2 Å². The molecule has 23 heavy (non-hydrogen) atoms. The van der Waals surface area contributed by atoms with Crippen molar-refractivity contribution in [1.82, 2.24) is 0 Å². The minimum atomic E-state index is -0.293. The average Bonchev–Trinajstić information content (AvgIpc) is 2.62. The Balaban J connectivity index is 3.36. The van der Waals surface area contributed by atoms with E-state index in [-0.39, 0.29) is 22.7 Å². The second kappa shape index (κ2) is 7.37. The molecule has 1 rings (SSSR count). The van der Waals surface area contributed by atoms with Gasteiger partial charge in [-0.3, -0.25) is 0 Å². The molecule has 130 valence electrons. The molecule has 0 saturated heterocycles. The molecule has 0 aromatic carbocycles. The molecule has 0 aromatic rings. The molecule has 0 amide bonds. The van der Waals surface area contributed by atoms with Crippen LogP contribution in [0.2, 0.25) is 0 Å². The molecule has 1 aliphatic carbocycles. The number of allylic oxidation sites excluding steroid dienone is 5. The Morgan fingerprint density at radius 2 is 1.74 bits per heavy atom. The summed E-state index contributed by atoms with van der Waals surface area (Å²) in [5.41, 5.74) is 1.93. The van der Waals surface area contributed by atoms with Crippen molar-refractivity contribution in [2.45, 2.75) is 54.4 Å². The van der Waals surface area contributed by atoms with Crippen molar-refractivity contribution >= 4 is 5.97 Å². The van der Waals surface area contributed by atoms with E-state index in [9.17, 15) is 4.79 Å². The van der Waals surface area contributed by atoms with Gasteiger partial charge in [-0.15, -0.1) is 0 Å². The van der Waals surface area contributed by atoms with E-state index in [4.69, 9.17) is 9.47 Å². The standard InChI is InChI=1S/C20H32O3/c1-19(2,3)12-11-14-9-10-16(22-7)17(18(21)23-8)15(13-14)20(4,5)6/h11-13,15H,9-10H2,1-8H3/b12-11+/t15-/m0/s1. The van der Waals surface area contributed by atoms with E-state index in [1.807, 2.05) is 0 Å². The van der Waals surface area contributed by atoms with Crippen LogP contribution in [0.25, 0.3) is 0 Å². The van der Waals surface area contributed by atoms with Gasteiger partial charge in [-0.1, -0.05) is 65.3 Å². The van der Waals surface area contributed by atoms with Crippen LogP contribution in [-0.2, 0) is 14.3 Å². The lowest BCUT2D eigenvalue weighted by Gasteiger charge is -2.30. The van der Waals surface area contributed by atoms with Gasteiger partial charge in [0.2, 0.25) is 0 Å². The van der Waals surface area contributed by atoms with Crippen molar-refractivity contribution in [3.63, 3.8) is 0 Å². The van der Waals surface area contributed by atoms with Gasteiger partial charge >= 0.3 is 5.97 Å². The molecule has 0 unspecified atom stereocenters. The summed E-state index contributed by atoms with van der Waals surface area (Å²) >= 11 is 0. The molecule has 1 atom stereocenters. The molecular formula is C20H32O3. The Morgan fingerprint density at radius 3 is 2.17 bits per heavy atom. The normalized spacial score (nSPS) is 20.3. The maximum atomic E-state index is 12.4. The molecule has 0 saturated carbocycles. The van der Waals surface area contributed by atoms with Crippen LogP contribution in [0.1, 0.15) is 54.4 Å². The first-order valence-corrected chi connectivity index (χ1v) is 8.25. The molecule has 0 N–H and O–H groups in total. The molecule has 3 heteroatoms. The fourth-order valence-corrected chi connectivity index (χ4v) is 2.69. The van der Waals surface area contributed by atoms with Crippen LogP contribution < -0.4 is 0 Å². The number of carbonyl (C=O) groups excluding carboxylic acids is 1. The smallest absolute Gasteiger partial charge is 0.337 e. The van der Waals surface area contributed by atoms with E-state index in [0.717, 1.165) is 12.2 Å². The second-order valence-corrected chi connectivity index (χ2v) is 8.32. The third kappa shape index (κ3) is 5.56. The maximum absolute atomic E-state index is 12.4. The number of carbonyl (C=O) groups is 1. The number of methoxy groups -OCH3 is 2. The van der Waals surface area contributed by atoms with Crippen LogP contribution in [0.15, 0.2) is 35.1 Å². The first kappa shape index (κ1) is 19.5. The van der Waals surface area contributed by atoms with E-state index in [1.165, 1.54) is 12.7 Å². The predicted octanol–water partition coefficient (Wildman–Crippen LogP) is 5.04. The van der Waals surface area contributed by atoms with Crippen molar-refractivity contribution in [2.24, 2.45) is 16.7 Å². The maximum Gasteiger partial charge on any atom is 0.337 e. The fraction of sp³-hybridized carbons (Fsp3) is 0.650. The van der Waals surface area contributed by atoms with Crippen molar-refractivity contribution in [1.29, 1.82) is 0 Å². The minimum Gasteiger partial charge on any atom is -0.501 e. The zero-order chi connectivity index (χ0) is 17.8. The Bertz CT molecular complexity index is 522. The van der Waals surface area contributed by atoms with Crippen molar-refractivity contribution in [3.05, 3.63) is 35.1 Å². The van der Waals surface area contributed by atoms with Crippen LogP contribution in [0.3, 0.4) is 0 Å². The topological polar surface area (TPSA) is 35.5 Å². The van der Waals surface area contributed by atoms with Crippen LogP contribution in [0, 0.1) is 16.7 Å². The van der Waals surface area contributed by atoms with E-state index in [2.05, 4.69) is 59.8 Å². The van der Waals surface area contributed by atoms with Crippen LogP contribution in [-0.4, -0.2) is 20.2 Å².